The average molecular weight is 729 g/mol. The van der Waals surface area contributed by atoms with Gasteiger partial charge in [0.2, 0.25) is 0 Å². The molecular formula is C48H41ClN2O3. The highest BCUT2D eigenvalue weighted by Crippen LogP contribution is 2.46. The summed E-state index contributed by atoms with van der Waals surface area (Å²) in [6, 6.07) is 62.5. The Labute approximate surface area is 320 Å². The molecule has 0 spiro atoms. The van der Waals surface area contributed by atoms with E-state index in [0.29, 0.717) is 18.8 Å². The molecule has 2 fully saturated rings. The summed E-state index contributed by atoms with van der Waals surface area (Å²) in [6.45, 7) is 2.59. The smallest absolute Gasteiger partial charge is 0.147 e. The van der Waals surface area contributed by atoms with Gasteiger partial charge in [-0.3, -0.25) is 9.80 Å². The molecular weight excluding hydrogens is 688 g/mol. The minimum atomic E-state index is -0.944. The van der Waals surface area contributed by atoms with E-state index in [1.807, 2.05) is 60.7 Å². The van der Waals surface area contributed by atoms with Crippen molar-refractivity contribution in [2.45, 2.75) is 22.6 Å². The van der Waals surface area contributed by atoms with Crippen molar-refractivity contribution in [1.82, 2.24) is 9.80 Å². The summed E-state index contributed by atoms with van der Waals surface area (Å²) in [5, 5.41) is 13.3. The van der Waals surface area contributed by atoms with E-state index in [9.17, 15) is 5.11 Å². The number of aliphatic hydroxyl groups is 1. The van der Waals surface area contributed by atoms with Crippen LogP contribution in [0.25, 0.3) is 21.9 Å². The van der Waals surface area contributed by atoms with Crippen LogP contribution in [0.5, 0.6) is 0 Å². The first-order valence-electron chi connectivity index (χ1n) is 18.5. The fraction of sp³-hybridized carbons (Fsp3) is 0.167. The highest BCUT2D eigenvalue weighted by Gasteiger charge is 2.49. The van der Waals surface area contributed by atoms with Gasteiger partial charge in [0.1, 0.15) is 33.2 Å². The number of hydrogen-bond donors (Lipinski definition) is 1. The van der Waals surface area contributed by atoms with Gasteiger partial charge < -0.3 is 13.9 Å². The van der Waals surface area contributed by atoms with Gasteiger partial charge in [0.25, 0.3) is 0 Å². The topological polar surface area (TPSA) is 53.0 Å². The lowest BCUT2D eigenvalue weighted by molar-refractivity contribution is -0.127. The van der Waals surface area contributed by atoms with Gasteiger partial charge in [-0.2, -0.15) is 0 Å². The van der Waals surface area contributed by atoms with Gasteiger partial charge in [0.15, 0.2) is 0 Å². The predicted molar refractivity (Wildman–Crippen MR) is 216 cm³/mol. The Morgan fingerprint density at radius 1 is 0.444 bits per heavy atom. The summed E-state index contributed by atoms with van der Waals surface area (Å²) in [4.78, 5) is 4.25. The van der Waals surface area contributed by atoms with Gasteiger partial charge in [-0.1, -0.05) is 158 Å². The van der Waals surface area contributed by atoms with Crippen molar-refractivity contribution >= 4 is 33.5 Å². The van der Waals surface area contributed by atoms with Crippen LogP contribution < -0.4 is 0 Å². The molecule has 0 radical (unpaired) electrons. The van der Waals surface area contributed by atoms with Crippen molar-refractivity contribution in [1.29, 1.82) is 0 Å². The molecule has 5 nitrogen and oxygen atoms in total. The number of alkyl halides is 1. The van der Waals surface area contributed by atoms with Gasteiger partial charge in [-0.05, 0) is 46.5 Å². The number of halogens is 1. The first-order chi connectivity index (χ1) is 26.5. The number of benzene rings is 6. The third-order valence-corrected chi connectivity index (χ3v) is 11.2. The summed E-state index contributed by atoms with van der Waals surface area (Å²) < 4.78 is 12.0. The zero-order valence-corrected chi connectivity index (χ0v) is 30.6. The van der Waals surface area contributed by atoms with Gasteiger partial charge in [0.05, 0.1) is 12.1 Å². The molecule has 54 heavy (non-hydrogen) atoms. The molecule has 8 aromatic rings. The first-order valence-corrected chi connectivity index (χ1v) is 18.9. The quantitative estimate of drug-likeness (QED) is 0.158. The summed E-state index contributed by atoms with van der Waals surface area (Å²) in [7, 11) is 0. The molecule has 2 aliphatic heterocycles. The van der Waals surface area contributed by atoms with Crippen molar-refractivity contribution in [3.05, 3.63) is 216 Å². The van der Waals surface area contributed by atoms with Crippen LogP contribution in [0.3, 0.4) is 0 Å². The third-order valence-electron chi connectivity index (χ3n) is 10.8. The summed E-state index contributed by atoms with van der Waals surface area (Å²) in [5.74, 6) is 1.52. The minimum absolute atomic E-state index is 0.122. The average Bonchev–Trinajstić information content (AvgIpc) is 3.85. The Bertz CT molecular complexity index is 2130. The Kier molecular flexibility index (Phi) is 9.17. The molecule has 6 heteroatoms. The number of nitrogens with zero attached hydrogens (tertiary/aromatic N) is 2. The molecule has 0 bridgehead atoms. The monoisotopic (exact) mass is 728 g/mol. The van der Waals surface area contributed by atoms with Gasteiger partial charge in [-0.25, -0.2) is 0 Å². The molecule has 0 atom stereocenters. The number of furan rings is 2. The van der Waals surface area contributed by atoms with Crippen molar-refractivity contribution < 1.29 is 13.9 Å². The van der Waals surface area contributed by atoms with Crippen molar-refractivity contribution in [3.8, 4) is 0 Å². The zero-order chi connectivity index (χ0) is 36.5. The Hall–Kier alpha value is -5.43. The lowest BCUT2D eigenvalue weighted by atomic mass is 9.85. The van der Waals surface area contributed by atoms with Crippen LogP contribution in [-0.4, -0.2) is 41.1 Å². The molecule has 2 saturated heterocycles. The SMILES string of the molecule is ClC1(c2cc3ccccc3o2)CN(C(c2ccccc2)c2ccccc2)C1.OC1(c2cc3ccccc3o2)CN(C(c2ccccc2)c2ccccc2)C1. The second-order valence-corrected chi connectivity index (χ2v) is 15.3. The number of para-hydroxylation sites is 2. The maximum atomic E-state index is 11.2. The summed E-state index contributed by atoms with van der Waals surface area (Å²) in [5.41, 5.74) is 5.81. The van der Waals surface area contributed by atoms with E-state index in [0.717, 1.165) is 40.8 Å². The normalized spacial score (nSPS) is 16.5. The van der Waals surface area contributed by atoms with E-state index in [4.69, 9.17) is 20.4 Å². The molecule has 0 aliphatic carbocycles. The van der Waals surface area contributed by atoms with Crippen LogP contribution in [0.15, 0.2) is 191 Å². The summed E-state index contributed by atoms with van der Waals surface area (Å²) in [6.07, 6.45) is 0. The predicted octanol–water partition coefficient (Wildman–Crippen LogP) is 10.7. The molecule has 10 rings (SSSR count). The molecule has 0 saturated carbocycles. The molecule has 268 valence electrons. The fourth-order valence-electron chi connectivity index (χ4n) is 8.08. The lowest BCUT2D eigenvalue weighted by Crippen LogP contribution is -2.60. The first kappa shape index (κ1) is 34.3. The maximum absolute atomic E-state index is 11.2. The van der Waals surface area contributed by atoms with Crippen molar-refractivity contribution in [2.75, 3.05) is 26.2 Å². The van der Waals surface area contributed by atoms with E-state index in [1.54, 1.807) is 0 Å². The number of fused-ring (bicyclic) bond motifs is 2. The Morgan fingerprint density at radius 2 is 0.778 bits per heavy atom. The Balaban J connectivity index is 0.000000142. The molecule has 6 aromatic carbocycles. The molecule has 2 aromatic heterocycles. The Morgan fingerprint density at radius 3 is 1.19 bits per heavy atom. The van der Waals surface area contributed by atoms with Crippen LogP contribution >= 0.6 is 11.6 Å². The second-order valence-electron chi connectivity index (χ2n) is 14.6. The maximum Gasteiger partial charge on any atom is 0.147 e. The minimum Gasteiger partial charge on any atom is -0.459 e. The molecule has 2 aliphatic rings. The van der Waals surface area contributed by atoms with E-state index < -0.39 is 10.5 Å². The number of rotatable bonds is 8. The molecule has 1 N–H and O–H groups in total. The van der Waals surface area contributed by atoms with Crippen molar-refractivity contribution in [3.63, 3.8) is 0 Å². The van der Waals surface area contributed by atoms with Crippen LogP contribution in [0, 0.1) is 0 Å². The van der Waals surface area contributed by atoms with E-state index in [-0.39, 0.29) is 12.1 Å². The van der Waals surface area contributed by atoms with Gasteiger partial charge in [-0.15, -0.1) is 11.6 Å². The summed E-state index contributed by atoms with van der Waals surface area (Å²) >= 11 is 6.98. The van der Waals surface area contributed by atoms with Crippen LogP contribution in [0.2, 0.25) is 0 Å². The van der Waals surface area contributed by atoms with Crippen LogP contribution in [0.4, 0.5) is 0 Å². The van der Waals surface area contributed by atoms with Gasteiger partial charge in [0, 0.05) is 37.0 Å². The standard InChI is InChI=1S/C24H20ClNO.C24H21NO2/c25-24(22-15-20-13-7-8-14-21(20)27-22)16-26(17-24)23(18-9-3-1-4-10-18)19-11-5-2-6-12-19;26-24(22-15-20-13-7-8-14-21(20)27-22)16-25(17-24)23(18-9-3-1-4-10-18)19-11-5-2-6-12-19/h1-15,23H,16-17H2;1-15,23,26H,16-17H2. The fourth-order valence-corrected chi connectivity index (χ4v) is 8.48. The molecule has 0 unspecified atom stereocenters. The lowest BCUT2D eigenvalue weighted by Gasteiger charge is -2.49. The number of hydrogen-bond acceptors (Lipinski definition) is 5. The van der Waals surface area contributed by atoms with E-state index in [2.05, 4.69) is 131 Å². The number of likely N-dealkylation sites (tertiary alicyclic amines) is 2. The van der Waals surface area contributed by atoms with Crippen LogP contribution in [-0.2, 0) is 10.5 Å². The highest BCUT2D eigenvalue weighted by atomic mass is 35.5. The zero-order valence-electron chi connectivity index (χ0n) is 29.8. The van der Waals surface area contributed by atoms with E-state index >= 15 is 0 Å². The van der Waals surface area contributed by atoms with Crippen molar-refractivity contribution in [2.24, 2.45) is 0 Å². The highest BCUT2D eigenvalue weighted by molar-refractivity contribution is 6.25. The van der Waals surface area contributed by atoms with E-state index in [1.165, 1.54) is 22.3 Å². The molecule has 0 amide bonds. The third kappa shape index (κ3) is 6.65. The van der Waals surface area contributed by atoms with Crippen LogP contribution in [0.1, 0.15) is 45.9 Å². The second kappa shape index (κ2) is 14.4. The van der Waals surface area contributed by atoms with Gasteiger partial charge >= 0.3 is 0 Å². The largest absolute Gasteiger partial charge is 0.459 e. The molecule has 4 heterocycles. The number of β-amino-alcohol motifs (C(OH)–C–C–N with tert-alkyl or cyclic N) is 1.